The molecule has 4 nitrogen and oxygen atoms in total. The molecule has 23 heavy (non-hydrogen) atoms. The standard InChI is InChI=1S/C19H29NO3/c1-3-13-20(17-8-4-15(5-9-17)12-14-21)19(22)16-6-10-18(23-2)11-7-16/h6-7,10-11,15,17,21H,3-5,8-9,12-14H2,1-2H3. The summed E-state index contributed by atoms with van der Waals surface area (Å²) >= 11 is 0. The Hall–Kier alpha value is -1.55. The van der Waals surface area contributed by atoms with Crippen LogP contribution in [0.1, 0.15) is 55.8 Å². The van der Waals surface area contributed by atoms with Crippen LogP contribution in [0.25, 0.3) is 0 Å². The molecule has 1 fully saturated rings. The van der Waals surface area contributed by atoms with E-state index in [9.17, 15) is 4.79 Å². The van der Waals surface area contributed by atoms with Gasteiger partial charge in [0.05, 0.1) is 7.11 Å². The summed E-state index contributed by atoms with van der Waals surface area (Å²) < 4.78 is 5.16. The molecule has 0 atom stereocenters. The molecule has 1 aromatic carbocycles. The Balaban J connectivity index is 2.03. The summed E-state index contributed by atoms with van der Waals surface area (Å²) in [6.45, 7) is 3.20. The summed E-state index contributed by atoms with van der Waals surface area (Å²) in [6, 6.07) is 7.72. The van der Waals surface area contributed by atoms with Gasteiger partial charge in [0.2, 0.25) is 0 Å². The van der Waals surface area contributed by atoms with Gasteiger partial charge in [-0.15, -0.1) is 0 Å². The van der Waals surface area contributed by atoms with Crippen LogP contribution in [0.15, 0.2) is 24.3 Å². The second-order valence-corrected chi connectivity index (χ2v) is 6.41. The highest BCUT2D eigenvalue weighted by Gasteiger charge is 2.28. The Kier molecular flexibility index (Phi) is 6.90. The minimum absolute atomic E-state index is 0.125. The van der Waals surface area contributed by atoms with E-state index in [0.29, 0.717) is 12.0 Å². The molecule has 1 saturated carbocycles. The molecule has 0 radical (unpaired) electrons. The SMILES string of the molecule is CCCN(C(=O)c1ccc(OC)cc1)C1CCC(CCO)CC1. The van der Waals surface area contributed by atoms with Crippen LogP contribution in [0.3, 0.4) is 0 Å². The molecular formula is C19H29NO3. The van der Waals surface area contributed by atoms with Crippen molar-refractivity contribution in [1.82, 2.24) is 4.90 Å². The molecule has 0 aromatic heterocycles. The summed E-state index contributed by atoms with van der Waals surface area (Å²) in [4.78, 5) is 14.9. The van der Waals surface area contributed by atoms with Crippen LogP contribution in [-0.2, 0) is 0 Å². The van der Waals surface area contributed by atoms with Gasteiger partial charge in [0.25, 0.3) is 5.91 Å². The van der Waals surface area contributed by atoms with Crippen LogP contribution >= 0.6 is 0 Å². The molecule has 4 heteroatoms. The molecule has 0 heterocycles. The van der Waals surface area contributed by atoms with Crippen molar-refractivity contribution < 1.29 is 14.6 Å². The number of hydrogen-bond donors (Lipinski definition) is 1. The van der Waals surface area contributed by atoms with Gasteiger partial charge in [-0.25, -0.2) is 0 Å². The average molecular weight is 319 g/mol. The van der Waals surface area contributed by atoms with Gasteiger partial charge in [0.1, 0.15) is 5.75 Å². The van der Waals surface area contributed by atoms with E-state index in [2.05, 4.69) is 11.8 Å². The van der Waals surface area contributed by atoms with Crippen LogP contribution < -0.4 is 4.74 Å². The molecule has 0 aliphatic heterocycles. The highest BCUT2D eigenvalue weighted by atomic mass is 16.5. The van der Waals surface area contributed by atoms with Crippen molar-refractivity contribution in [3.8, 4) is 5.75 Å². The Morgan fingerprint density at radius 3 is 2.39 bits per heavy atom. The number of methoxy groups -OCH3 is 1. The van der Waals surface area contributed by atoms with Crippen molar-refractivity contribution in [3.05, 3.63) is 29.8 Å². The number of aliphatic hydroxyl groups is 1. The fraction of sp³-hybridized carbons (Fsp3) is 0.632. The van der Waals surface area contributed by atoms with E-state index < -0.39 is 0 Å². The number of nitrogens with zero attached hydrogens (tertiary/aromatic N) is 1. The Morgan fingerprint density at radius 2 is 1.87 bits per heavy atom. The molecule has 0 spiro atoms. The van der Waals surface area contributed by atoms with Crippen LogP contribution in [0, 0.1) is 5.92 Å². The average Bonchev–Trinajstić information content (AvgIpc) is 2.60. The number of amides is 1. The Bertz CT molecular complexity index is 478. The lowest BCUT2D eigenvalue weighted by Gasteiger charge is -2.37. The molecule has 0 saturated heterocycles. The lowest BCUT2D eigenvalue weighted by molar-refractivity contribution is 0.0600. The maximum absolute atomic E-state index is 12.9. The van der Waals surface area contributed by atoms with E-state index in [1.165, 1.54) is 0 Å². The molecule has 1 N–H and O–H groups in total. The molecule has 1 aromatic rings. The fourth-order valence-corrected chi connectivity index (χ4v) is 3.52. The van der Waals surface area contributed by atoms with E-state index in [0.717, 1.165) is 56.4 Å². The summed E-state index contributed by atoms with van der Waals surface area (Å²) in [5.41, 5.74) is 0.733. The predicted octanol–water partition coefficient (Wildman–Crippen LogP) is 3.49. The summed E-state index contributed by atoms with van der Waals surface area (Å²) in [6.07, 6.45) is 6.19. The number of ether oxygens (including phenoxy) is 1. The lowest BCUT2D eigenvalue weighted by Crippen LogP contribution is -2.43. The van der Waals surface area contributed by atoms with Crippen molar-refractivity contribution in [2.24, 2.45) is 5.92 Å². The summed E-state index contributed by atoms with van der Waals surface area (Å²) in [5.74, 6) is 1.52. The third-order valence-corrected chi connectivity index (χ3v) is 4.86. The maximum Gasteiger partial charge on any atom is 0.254 e. The topological polar surface area (TPSA) is 49.8 Å². The van der Waals surface area contributed by atoms with Crippen LogP contribution in [-0.4, -0.2) is 42.2 Å². The molecule has 1 aliphatic rings. The molecule has 1 aliphatic carbocycles. The molecule has 128 valence electrons. The van der Waals surface area contributed by atoms with Crippen LogP contribution in [0.5, 0.6) is 5.75 Å². The maximum atomic E-state index is 12.9. The number of aliphatic hydroxyl groups excluding tert-OH is 1. The second-order valence-electron chi connectivity index (χ2n) is 6.41. The monoisotopic (exact) mass is 319 g/mol. The van der Waals surface area contributed by atoms with Crippen molar-refractivity contribution in [2.75, 3.05) is 20.3 Å². The van der Waals surface area contributed by atoms with Gasteiger partial charge in [-0.05, 0) is 68.7 Å². The second kappa shape index (κ2) is 8.92. The van der Waals surface area contributed by atoms with Gasteiger partial charge in [-0.3, -0.25) is 4.79 Å². The highest BCUT2D eigenvalue weighted by Crippen LogP contribution is 2.30. The van der Waals surface area contributed by atoms with Gasteiger partial charge in [0.15, 0.2) is 0 Å². The molecule has 0 unspecified atom stereocenters. The van der Waals surface area contributed by atoms with Crippen LogP contribution in [0.2, 0.25) is 0 Å². The van der Waals surface area contributed by atoms with Gasteiger partial charge < -0.3 is 14.7 Å². The van der Waals surface area contributed by atoms with Gasteiger partial charge in [-0.2, -0.15) is 0 Å². The fourth-order valence-electron chi connectivity index (χ4n) is 3.52. The Labute approximate surface area is 139 Å². The highest BCUT2D eigenvalue weighted by molar-refractivity contribution is 5.94. The van der Waals surface area contributed by atoms with Crippen molar-refractivity contribution in [3.63, 3.8) is 0 Å². The van der Waals surface area contributed by atoms with Gasteiger partial charge in [0, 0.05) is 24.8 Å². The third-order valence-electron chi connectivity index (χ3n) is 4.86. The summed E-state index contributed by atoms with van der Waals surface area (Å²) in [7, 11) is 1.63. The molecule has 1 amide bonds. The summed E-state index contributed by atoms with van der Waals surface area (Å²) in [5, 5.41) is 9.08. The van der Waals surface area contributed by atoms with Gasteiger partial charge >= 0.3 is 0 Å². The first kappa shape index (κ1) is 17.8. The van der Waals surface area contributed by atoms with E-state index in [1.807, 2.05) is 24.3 Å². The van der Waals surface area contributed by atoms with Crippen molar-refractivity contribution in [1.29, 1.82) is 0 Å². The number of rotatable bonds is 7. The van der Waals surface area contributed by atoms with Gasteiger partial charge in [-0.1, -0.05) is 6.92 Å². The quantitative estimate of drug-likeness (QED) is 0.837. The molecular weight excluding hydrogens is 290 g/mol. The van der Waals surface area contributed by atoms with E-state index in [-0.39, 0.29) is 12.5 Å². The van der Waals surface area contributed by atoms with E-state index in [1.54, 1.807) is 7.11 Å². The first-order valence-electron chi connectivity index (χ1n) is 8.75. The number of benzene rings is 1. The number of carbonyl (C=O) groups excluding carboxylic acids is 1. The normalized spacial score (nSPS) is 21.0. The zero-order chi connectivity index (χ0) is 16.7. The van der Waals surface area contributed by atoms with E-state index >= 15 is 0 Å². The smallest absolute Gasteiger partial charge is 0.254 e. The van der Waals surface area contributed by atoms with Crippen molar-refractivity contribution in [2.45, 2.75) is 51.5 Å². The predicted molar refractivity (Wildman–Crippen MR) is 91.8 cm³/mol. The van der Waals surface area contributed by atoms with Crippen molar-refractivity contribution >= 4 is 5.91 Å². The molecule has 0 bridgehead atoms. The largest absolute Gasteiger partial charge is 0.497 e. The zero-order valence-corrected chi connectivity index (χ0v) is 14.3. The van der Waals surface area contributed by atoms with Crippen LogP contribution in [0.4, 0.5) is 0 Å². The Morgan fingerprint density at radius 1 is 1.22 bits per heavy atom. The first-order chi connectivity index (χ1) is 11.2. The minimum Gasteiger partial charge on any atom is -0.497 e. The van der Waals surface area contributed by atoms with E-state index in [4.69, 9.17) is 9.84 Å². The number of carbonyl (C=O) groups is 1. The zero-order valence-electron chi connectivity index (χ0n) is 14.3. The molecule has 2 rings (SSSR count). The minimum atomic E-state index is 0.125. The lowest BCUT2D eigenvalue weighted by atomic mass is 9.83. The third kappa shape index (κ3) is 4.71. The first-order valence-corrected chi connectivity index (χ1v) is 8.75. The number of hydrogen-bond acceptors (Lipinski definition) is 3.